The summed E-state index contributed by atoms with van der Waals surface area (Å²) in [4.78, 5) is 4.17. The molecule has 0 unspecified atom stereocenters. The highest BCUT2D eigenvalue weighted by atomic mass is 19.1. The van der Waals surface area contributed by atoms with Gasteiger partial charge in [-0.1, -0.05) is 19.1 Å². The molecule has 0 spiro atoms. The molecule has 0 aliphatic carbocycles. The summed E-state index contributed by atoms with van der Waals surface area (Å²) in [5.74, 6) is 0.482. The van der Waals surface area contributed by atoms with Gasteiger partial charge in [0.1, 0.15) is 18.0 Å². The molecule has 0 fully saturated rings. The van der Waals surface area contributed by atoms with Crippen molar-refractivity contribution < 1.29 is 4.39 Å². The Morgan fingerprint density at radius 1 is 1.47 bits per heavy atom. The summed E-state index contributed by atoms with van der Waals surface area (Å²) in [5.41, 5.74) is 0.755. The van der Waals surface area contributed by atoms with Crippen LogP contribution in [0.4, 0.5) is 10.2 Å². The number of anilines is 1. The number of benzene rings is 1. The zero-order chi connectivity index (χ0) is 12.1. The first kappa shape index (κ1) is 11.4. The molecule has 88 valence electrons. The second kappa shape index (κ2) is 5.30. The minimum Gasteiger partial charge on any atom is -0.346 e. The fraction of sp³-hybridized carbons (Fsp3) is 0.154. The summed E-state index contributed by atoms with van der Waals surface area (Å²) in [6, 6.07) is 6.39. The molecule has 0 saturated heterocycles. The van der Waals surface area contributed by atoms with Crippen LogP contribution in [0.2, 0.25) is 0 Å². The molecule has 1 N–H and O–H groups in total. The number of halogens is 1. The first-order valence-electron chi connectivity index (χ1n) is 5.51. The van der Waals surface area contributed by atoms with Gasteiger partial charge in [-0.05, 0) is 30.8 Å². The number of hydrogen-bond donors (Lipinski definition) is 1. The highest BCUT2D eigenvalue weighted by Crippen LogP contribution is 2.12. The summed E-state index contributed by atoms with van der Waals surface area (Å²) in [6.45, 7) is 2.06. The van der Waals surface area contributed by atoms with Crippen LogP contribution in [-0.2, 0) is 0 Å². The molecule has 4 heteroatoms. The zero-order valence-electron chi connectivity index (χ0n) is 9.60. The lowest BCUT2D eigenvalue weighted by Gasteiger charge is -2.00. The number of imidazole rings is 1. The monoisotopic (exact) mass is 231 g/mol. The van der Waals surface area contributed by atoms with E-state index >= 15 is 0 Å². The normalized spacial score (nSPS) is 10.9. The number of allylic oxidation sites excluding steroid dienone is 1. The van der Waals surface area contributed by atoms with Crippen LogP contribution in [0.5, 0.6) is 0 Å². The minimum absolute atomic E-state index is 0.253. The van der Waals surface area contributed by atoms with Gasteiger partial charge < -0.3 is 9.88 Å². The third kappa shape index (κ3) is 2.93. The summed E-state index contributed by atoms with van der Waals surface area (Å²) in [5, 5.41) is 3.04. The summed E-state index contributed by atoms with van der Waals surface area (Å²) < 4.78 is 14.8. The lowest BCUT2D eigenvalue weighted by atomic mass is 10.3. The summed E-state index contributed by atoms with van der Waals surface area (Å²) >= 11 is 0. The molecule has 1 aromatic heterocycles. The number of rotatable bonds is 4. The lowest BCUT2D eigenvalue weighted by Crippen LogP contribution is -1.90. The van der Waals surface area contributed by atoms with E-state index in [4.69, 9.17) is 0 Å². The SMILES string of the molecule is CC/C=C\Nc1cn(-c2cccc(F)c2)cn1. The fourth-order valence-corrected chi connectivity index (χ4v) is 1.44. The molecule has 2 aromatic rings. The number of aromatic nitrogens is 2. The number of nitrogens with one attached hydrogen (secondary N) is 1. The molecule has 0 bridgehead atoms. The lowest BCUT2D eigenvalue weighted by molar-refractivity contribution is 0.626. The van der Waals surface area contributed by atoms with Gasteiger partial charge in [-0.3, -0.25) is 0 Å². The van der Waals surface area contributed by atoms with Crippen molar-refractivity contribution in [3.05, 3.63) is 54.9 Å². The van der Waals surface area contributed by atoms with E-state index in [1.807, 2.05) is 24.5 Å². The Morgan fingerprint density at radius 2 is 2.35 bits per heavy atom. The van der Waals surface area contributed by atoms with Gasteiger partial charge in [-0.2, -0.15) is 0 Å². The van der Waals surface area contributed by atoms with Gasteiger partial charge in [0, 0.05) is 5.69 Å². The fourth-order valence-electron chi connectivity index (χ4n) is 1.44. The predicted molar refractivity (Wildman–Crippen MR) is 66.6 cm³/mol. The van der Waals surface area contributed by atoms with Crippen LogP contribution in [0.25, 0.3) is 5.69 Å². The van der Waals surface area contributed by atoms with Crippen molar-refractivity contribution in [3.8, 4) is 5.69 Å². The van der Waals surface area contributed by atoms with E-state index in [1.165, 1.54) is 12.1 Å². The van der Waals surface area contributed by atoms with Gasteiger partial charge in [-0.15, -0.1) is 0 Å². The van der Waals surface area contributed by atoms with Gasteiger partial charge in [0.05, 0.1) is 6.20 Å². The van der Waals surface area contributed by atoms with E-state index in [1.54, 1.807) is 17.0 Å². The van der Waals surface area contributed by atoms with Gasteiger partial charge >= 0.3 is 0 Å². The van der Waals surface area contributed by atoms with Crippen LogP contribution in [-0.4, -0.2) is 9.55 Å². The number of nitrogens with zero attached hydrogens (tertiary/aromatic N) is 2. The molecule has 0 radical (unpaired) electrons. The average Bonchev–Trinajstić information content (AvgIpc) is 2.78. The molecule has 2 rings (SSSR count). The maximum atomic E-state index is 13.0. The maximum Gasteiger partial charge on any atom is 0.148 e. The molecule has 1 aromatic carbocycles. The topological polar surface area (TPSA) is 29.9 Å². The Morgan fingerprint density at radius 3 is 3.12 bits per heavy atom. The van der Waals surface area contributed by atoms with E-state index < -0.39 is 0 Å². The summed E-state index contributed by atoms with van der Waals surface area (Å²) in [6.07, 6.45) is 8.28. The van der Waals surface area contributed by atoms with Crippen molar-refractivity contribution in [1.82, 2.24) is 9.55 Å². The molecule has 0 aliphatic heterocycles. The zero-order valence-corrected chi connectivity index (χ0v) is 9.60. The molecule has 0 aliphatic rings. The van der Waals surface area contributed by atoms with Crippen LogP contribution in [0, 0.1) is 5.82 Å². The predicted octanol–water partition coefficient (Wildman–Crippen LogP) is 3.35. The van der Waals surface area contributed by atoms with Gasteiger partial charge in [0.15, 0.2) is 0 Å². The van der Waals surface area contributed by atoms with E-state index in [0.717, 1.165) is 17.9 Å². The van der Waals surface area contributed by atoms with Crippen molar-refractivity contribution in [2.75, 3.05) is 5.32 Å². The molecule has 0 amide bonds. The third-order valence-corrected chi connectivity index (χ3v) is 2.27. The van der Waals surface area contributed by atoms with Crippen molar-refractivity contribution in [2.24, 2.45) is 0 Å². The minimum atomic E-state index is -0.253. The third-order valence-electron chi connectivity index (χ3n) is 2.27. The first-order valence-corrected chi connectivity index (χ1v) is 5.51. The van der Waals surface area contributed by atoms with Crippen molar-refractivity contribution >= 4 is 5.82 Å². The highest BCUT2D eigenvalue weighted by Gasteiger charge is 2.00. The standard InChI is InChI=1S/C13H14FN3/c1-2-3-7-15-13-9-17(10-16-13)12-6-4-5-11(14)8-12/h3-10,15H,2H2,1H3/b7-3-. The Kier molecular flexibility index (Phi) is 3.55. The van der Waals surface area contributed by atoms with E-state index in [-0.39, 0.29) is 5.82 Å². The van der Waals surface area contributed by atoms with E-state index in [2.05, 4.69) is 17.2 Å². The van der Waals surface area contributed by atoms with Crippen molar-refractivity contribution in [2.45, 2.75) is 13.3 Å². The largest absolute Gasteiger partial charge is 0.346 e. The van der Waals surface area contributed by atoms with Gasteiger partial charge in [0.2, 0.25) is 0 Å². The first-order chi connectivity index (χ1) is 8.29. The molecule has 17 heavy (non-hydrogen) atoms. The molecular formula is C13H14FN3. The Labute approximate surface area is 99.6 Å². The molecular weight excluding hydrogens is 217 g/mol. The molecule has 1 heterocycles. The number of hydrogen-bond acceptors (Lipinski definition) is 2. The van der Waals surface area contributed by atoms with Gasteiger partial charge in [-0.25, -0.2) is 9.37 Å². The average molecular weight is 231 g/mol. The highest BCUT2D eigenvalue weighted by molar-refractivity contribution is 5.40. The molecule has 0 saturated carbocycles. The van der Waals surface area contributed by atoms with E-state index in [0.29, 0.717) is 0 Å². The second-order valence-electron chi connectivity index (χ2n) is 3.60. The Balaban J connectivity index is 2.15. The van der Waals surface area contributed by atoms with Crippen LogP contribution >= 0.6 is 0 Å². The van der Waals surface area contributed by atoms with Crippen LogP contribution in [0.3, 0.4) is 0 Å². The second-order valence-corrected chi connectivity index (χ2v) is 3.60. The quantitative estimate of drug-likeness (QED) is 0.874. The van der Waals surface area contributed by atoms with Crippen molar-refractivity contribution in [3.63, 3.8) is 0 Å². The maximum absolute atomic E-state index is 13.0. The van der Waals surface area contributed by atoms with Crippen LogP contribution in [0.15, 0.2) is 49.1 Å². The van der Waals surface area contributed by atoms with Crippen LogP contribution in [0.1, 0.15) is 13.3 Å². The van der Waals surface area contributed by atoms with Crippen LogP contribution < -0.4 is 5.32 Å². The van der Waals surface area contributed by atoms with Gasteiger partial charge in [0.25, 0.3) is 0 Å². The van der Waals surface area contributed by atoms with Crippen molar-refractivity contribution in [1.29, 1.82) is 0 Å². The smallest absolute Gasteiger partial charge is 0.148 e. The Bertz CT molecular complexity index is 517. The summed E-state index contributed by atoms with van der Waals surface area (Å²) in [7, 11) is 0. The van der Waals surface area contributed by atoms with E-state index in [9.17, 15) is 4.39 Å². The Hall–Kier alpha value is -2.10. The molecule has 3 nitrogen and oxygen atoms in total. The molecule has 0 atom stereocenters.